The first-order chi connectivity index (χ1) is 43.7. The van der Waals surface area contributed by atoms with E-state index in [1.807, 2.05) is 6.92 Å². The van der Waals surface area contributed by atoms with E-state index in [0.29, 0.717) is 57.8 Å². The van der Waals surface area contributed by atoms with Crippen molar-refractivity contribution in [3.05, 3.63) is 11.6 Å². The van der Waals surface area contributed by atoms with Crippen LogP contribution in [0.1, 0.15) is 113 Å². The first-order valence-corrected chi connectivity index (χ1v) is 33.1. The lowest BCUT2D eigenvalue weighted by Crippen LogP contribution is -2.67. The Kier molecular flexibility index (Phi) is 21.2. The molecule has 0 radical (unpaired) electrons. The molecular formula is C63H102O30. The van der Waals surface area contributed by atoms with Crippen LogP contribution in [0.5, 0.6) is 0 Å². The number of fused-ring (bicyclic) bond motifs is 7. The minimum atomic E-state index is -1.92. The number of allylic oxidation sites excluding steroid dienone is 2. The maximum atomic E-state index is 15.3. The van der Waals surface area contributed by atoms with E-state index in [2.05, 4.69) is 40.7 Å². The van der Waals surface area contributed by atoms with Crippen molar-refractivity contribution in [1.29, 1.82) is 0 Å². The molecule has 5 aliphatic carbocycles. The van der Waals surface area contributed by atoms with Crippen molar-refractivity contribution in [1.82, 2.24) is 0 Å². The first-order valence-electron chi connectivity index (χ1n) is 33.1. The second-order valence-corrected chi connectivity index (χ2v) is 30.4. The van der Waals surface area contributed by atoms with Crippen LogP contribution in [0.2, 0.25) is 0 Å². The maximum absolute atomic E-state index is 15.3. The Morgan fingerprint density at radius 1 is 0.516 bits per heavy atom. The summed E-state index contributed by atoms with van der Waals surface area (Å²) in [6.45, 7) is 11.8. The van der Waals surface area contributed by atoms with Gasteiger partial charge in [-0.1, -0.05) is 53.2 Å². The zero-order valence-corrected chi connectivity index (χ0v) is 53.7. The van der Waals surface area contributed by atoms with Crippen LogP contribution in [-0.4, -0.2) is 304 Å². The van der Waals surface area contributed by atoms with Gasteiger partial charge in [0, 0.05) is 5.41 Å². The first kappa shape index (κ1) is 72.3. The summed E-state index contributed by atoms with van der Waals surface area (Å²) in [6, 6.07) is 0. The lowest BCUT2D eigenvalue weighted by molar-refractivity contribution is -0.379. The topological polar surface area (TPSA) is 472 Å². The molecule has 534 valence electrons. The standard InChI is InChI=1S/C63H102O30/c1-25-36(69)49(91-53-44(77)38(71)29(67)21-83-53)47(80)55(86-25)92-50-39(72)30(68)22-84-56(50)89-35-11-12-59(4)33(60(35,5)24-65)10-13-62(7)34(59)9-8-26-27-18-58(2,3)14-16-63(27,17-15-61(26,62)6)57(81)93-54-45(78)41(74)40(73)32(88-54)23-85-51-46(79)42(75)48(31(19-64)87-51)90-52-43(76)37(70)28(66)20-82-52/h8,25,27-56,64-80H,9-24H2,1-7H3/t25-,27+,28+,29+,30-,31+,32+,33+,34+,35-,36-,37-,38-,39-,40+,41-,42+,43+,44+,45+,46+,47+,48+,49+,50+,51+,52-,53-,54-,55-,56-,59-,60?,61+,62+,63-/m0/s1. The number of hydrogen-bond donors (Lipinski definition) is 17. The summed E-state index contributed by atoms with van der Waals surface area (Å²) in [5.74, 6) is -1.01. The zero-order valence-electron chi connectivity index (χ0n) is 53.7. The van der Waals surface area contributed by atoms with Crippen molar-refractivity contribution in [3.8, 4) is 0 Å². The third-order valence-electron chi connectivity index (χ3n) is 24.6. The number of esters is 1. The van der Waals surface area contributed by atoms with Crippen LogP contribution in [-0.2, 0) is 61.6 Å². The van der Waals surface area contributed by atoms with Crippen LogP contribution < -0.4 is 0 Å². The van der Waals surface area contributed by atoms with Gasteiger partial charge in [0.15, 0.2) is 31.5 Å². The van der Waals surface area contributed by atoms with Gasteiger partial charge in [-0.15, -0.1) is 0 Å². The van der Waals surface area contributed by atoms with Gasteiger partial charge in [0.25, 0.3) is 0 Å². The second kappa shape index (κ2) is 27.2. The van der Waals surface area contributed by atoms with Crippen molar-refractivity contribution in [3.63, 3.8) is 0 Å². The molecule has 0 aromatic carbocycles. The minimum Gasteiger partial charge on any atom is -0.432 e. The van der Waals surface area contributed by atoms with Crippen molar-refractivity contribution >= 4 is 5.97 Å². The Morgan fingerprint density at radius 2 is 1.09 bits per heavy atom. The van der Waals surface area contributed by atoms with E-state index in [1.54, 1.807) is 0 Å². The molecule has 0 amide bonds. The summed E-state index contributed by atoms with van der Waals surface area (Å²) in [6.07, 6.45) is -36.2. The molecule has 0 aromatic heterocycles. The molecule has 17 N–H and O–H groups in total. The summed E-state index contributed by atoms with van der Waals surface area (Å²) >= 11 is 0. The maximum Gasteiger partial charge on any atom is 0.315 e. The highest BCUT2D eigenvalue weighted by molar-refractivity contribution is 5.79. The van der Waals surface area contributed by atoms with E-state index in [-0.39, 0.29) is 47.2 Å². The highest BCUT2D eigenvalue weighted by Gasteiger charge is 2.71. The Balaban J connectivity index is 0.772. The number of carbonyl (C=O) groups excluding carboxylic acids is 1. The summed E-state index contributed by atoms with van der Waals surface area (Å²) in [5, 5.41) is 185. The molecular weight excluding hydrogens is 1240 g/mol. The van der Waals surface area contributed by atoms with E-state index in [0.717, 1.165) is 12.0 Å². The van der Waals surface area contributed by atoms with Gasteiger partial charge in [-0.25, -0.2) is 0 Å². The fraction of sp³-hybridized carbons (Fsp3) is 0.952. The molecule has 1 unspecified atom stereocenters. The van der Waals surface area contributed by atoms with Crippen molar-refractivity contribution in [2.24, 2.45) is 50.2 Å². The highest BCUT2D eigenvalue weighted by Crippen LogP contribution is 2.76. The van der Waals surface area contributed by atoms with Gasteiger partial charge in [0.05, 0.1) is 57.3 Å². The molecule has 4 saturated carbocycles. The van der Waals surface area contributed by atoms with Crippen LogP contribution in [0.25, 0.3) is 0 Å². The van der Waals surface area contributed by atoms with Gasteiger partial charge < -0.3 is 144 Å². The molecule has 0 spiro atoms. The fourth-order valence-electron chi connectivity index (χ4n) is 18.5. The SMILES string of the molecule is C[C@@H]1O[C@@H](O[C@H]2[C@H](O[C@H]3CC[C@]4(C)[C@H]5CC=C6[C@H]7CC(C)(C)CC[C@]7(C(=O)O[C@@H]7O[C@H](CO[C@@H]8O[C@H](CO)[C@@H](O[C@@H]9OC[C@@H](O)[C@H](O)[C@H]9O)[C@H](O)[C@H]8O)[C@@H](O)[C@H](O)[C@H]7O)CC[C@@]6(C)[C@]5(C)CC[C@H]4C3(C)CO)OC[C@H](O)[C@@H]2O)[C@H](O)[C@H](O[C@@H]2OC[C@@H](O)[C@H](O)[C@H]2O)[C@H]1O. The molecule has 11 rings (SSSR count). The molecule has 6 saturated heterocycles. The van der Waals surface area contributed by atoms with Crippen molar-refractivity contribution < 1.29 is 148 Å². The molecule has 36 atom stereocenters. The molecule has 93 heavy (non-hydrogen) atoms. The fourth-order valence-corrected chi connectivity index (χ4v) is 18.5. The van der Waals surface area contributed by atoms with Gasteiger partial charge in [-0.05, 0) is 111 Å². The summed E-state index contributed by atoms with van der Waals surface area (Å²) in [5.41, 5.74) is -2.21. The molecule has 11 aliphatic rings. The predicted molar refractivity (Wildman–Crippen MR) is 310 cm³/mol. The lowest BCUT2D eigenvalue weighted by Gasteiger charge is -2.71. The van der Waals surface area contributed by atoms with Gasteiger partial charge in [-0.2, -0.15) is 0 Å². The van der Waals surface area contributed by atoms with Crippen LogP contribution in [0.4, 0.5) is 0 Å². The smallest absolute Gasteiger partial charge is 0.315 e. The lowest BCUT2D eigenvalue weighted by atomic mass is 9.33. The number of hydrogen-bond acceptors (Lipinski definition) is 30. The Bertz CT molecular complexity index is 2610. The third-order valence-corrected chi connectivity index (χ3v) is 24.6. The molecule has 0 aromatic rings. The zero-order chi connectivity index (χ0) is 67.6. The largest absolute Gasteiger partial charge is 0.432 e. The number of aliphatic hydroxyl groups excluding tert-OH is 17. The van der Waals surface area contributed by atoms with Gasteiger partial charge >= 0.3 is 5.97 Å². The van der Waals surface area contributed by atoms with Crippen molar-refractivity contribution in [2.45, 2.75) is 285 Å². The van der Waals surface area contributed by atoms with E-state index < -0.39 is 221 Å². The normalized spacial score (nSPS) is 54.9. The van der Waals surface area contributed by atoms with Crippen molar-refractivity contribution in [2.75, 3.05) is 39.6 Å². The van der Waals surface area contributed by atoms with E-state index >= 15 is 4.79 Å². The number of aliphatic hydroxyl groups is 17. The molecule has 30 nitrogen and oxygen atoms in total. The number of ether oxygens (including phenoxy) is 12. The van der Waals surface area contributed by atoms with Crippen LogP contribution in [0.3, 0.4) is 0 Å². The number of carbonyl (C=O) groups is 1. The second-order valence-electron chi connectivity index (χ2n) is 30.4. The average Bonchev–Trinajstić information content (AvgIpc) is 0.676. The Hall–Kier alpha value is -1.91. The predicted octanol–water partition coefficient (Wildman–Crippen LogP) is -4.47. The van der Waals surface area contributed by atoms with E-state index in [9.17, 15) is 86.8 Å². The summed E-state index contributed by atoms with van der Waals surface area (Å²) in [7, 11) is 0. The quantitative estimate of drug-likeness (QED) is 0.0418. The van der Waals surface area contributed by atoms with E-state index in [4.69, 9.17) is 56.8 Å². The molecule has 6 aliphatic heterocycles. The highest BCUT2D eigenvalue weighted by atomic mass is 16.8. The summed E-state index contributed by atoms with van der Waals surface area (Å²) < 4.78 is 70.9. The molecule has 10 fully saturated rings. The van der Waals surface area contributed by atoms with E-state index in [1.165, 1.54) is 6.92 Å². The Labute approximate surface area is 539 Å². The van der Waals surface area contributed by atoms with Gasteiger partial charge in [0.1, 0.15) is 122 Å². The number of rotatable bonds is 15. The van der Waals surface area contributed by atoms with Crippen LogP contribution in [0.15, 0.2) is 11.6 Å². The monoisotopic (exact) mass is 1340 g/mol. The molecule has 0 bridgehead atoms. The molecule has 30 heteroatoms. The minimum absolute atomic E-state index is 0.0757. The average molecular weight is 1340 g/mol. The summed E-state index contributed by atoms with van der Waals surface area (Å²) in [4.78, 5) is 15.3. The van der Waals surface area contributed by atoms with Crippen LogP contribution >= 0.6 is 0 Å². The molecule has 6 heterocycles. The van der Waals surface area contributed by atoms with Crippen LogP contribution in [0, 0.1) is 50.2 Å². The Morgan fingerprint density at radius 3 is 1.72 bits per heavy atom. The third kappa shape index (κ3) is 12.5. The van der Waals surface area contributed by atoms with Gasteiger partial charge in [-0.3, -0.25) is 4.79 Å². The van der Waals surface area contributed by atoms with Gasteiger partial charge in [0.2, 0.25) is 6.29 Å².